The minimum Gasteiger partial charge on any atom is -0.361 e. The van der Waals surface area contributed by atoms with Crippen LogP contribution in [0.4, 0.5) is 0 Å². The van der Waals surface area contributed by atoms with E-state index in [1.54, 1.807) is 13.0 Å². The third-order valence-electron chi connectivity index (χ3n) is 7.40. The number of amides is 2. The van der Waals surface area contributed by atoms with Gasteiger partial charge in [0, 0.05) is 57.3 Å². The molecule has 160 valence electrons. The smallest absolute Gasteiger partial charge is 0.276 e. The van der Waals surface area contributed by atoms with Crippen molar-refractivity contribution in [3.05, 3.63) is 17.5 Å². The van der Waals surface area contributed by atoms with Gasteiger partial charge in [0.2, 0.25) is 5.91 Å². The van der Waals surface area contributed by atoms with Crippen molar-refractivity contribution in [2.75, 3.05) is 45.8 Å². The fraction of sp³-hybridized carbons (Fsp3) is 0.773. The molecule has 1 atom stereocenters. The van der Waals surface area contributed by atoms with Gasteiger partial charge in [-0.25, -0.2) is 0 Å². The second-order valence-electron chi connectivity index (χ2n) is 9.68. The summed E-state index contributed by atoms with van der Waals surface area (Å²) in [7, 11) is 0. The minimum absolute atomic E-state index is 0.0284. The summed E-state index contributed by atoms with van der Waals surface area (Å²) in [5.41, 5.74) is 0.0758. The number of hydrogen-bond acceptors (Lipinski definition) is 5. The van der Waals surface area contributed by atoms with E-state index in [2.05, 4.69) is 30.8 Å². The molecule has 29 heavy (non-hydrogen) atoms. The molecule has 4 rings (SSSR count). The standard InChI is InChI=1S/C22H34N4O3/c1-5-25-11-8-22(20(25)28)15-24(13-16(2)3)14-21(22)6-9-26(10-7-21)19(27)18-12-17(4)29-23-18/h12,16H,5-11,13-15H2,1-4H3/t22-/m0/s1. The monoisotopic (exact) mass is 402 g/mol. The van der Waals surface area contributed by atoms with Gasteiger partial charge in [-0.3, -0.25) is 9.59 Å². The average Bonchev–Trinajstić information content (AvgIpc) is 3.33. The van der Waals surface area contributed by atoms with Gasteiger partial charge in [0.1, 0.15) is 5.76 Å². The number of carbonyl (C=O) groups excluding carboxylic acids is 2. The number of fused-ring (bicyclic) bond motifs is 1. The second-order valence-corrected chi connectivity index (χ2v) is 9.68. The van der Waals surface area contributed by atoms with Gasteiger partial charge in [-0.1, -0.05) is 19.0 Å². The molecule has 0 N–H and O–H groups in total. The van der Waals surface area contributed by atoms with Crippen molar-refractivity contribution >= 4 is 11.8 Å². The lowest BCUT2D eigenvalue weighted by Crippen LogP contribution is -2.53. The van der Waals surface area contributed by atoms with Crippen LogP contribution in [0, 0.1) is 23.7 Å². The van der Waals surface area contributed by atoms with Crippen LogP contribution >= 0.6 is 0 Å². The number of nitrogens with zero attached hydrogens (tertiary/aromatic N) is 4. The molecule has 7 nitrogen and oxygen atoms in total. The van der Waals surface area contributed by atoms with E-state index in [0.29, 0.717) is 36.4 Å². The van der Waals surface area contributed by atoms with Crippen molar-refractivity contribution < 1.29 is 14.1 Å². The van der Waals surface area contributed by atoms with Gasteiger partial charge in [0.05, 0.1) is 5.41 Å². The number of piperidine rings is 1. The molecule has 1 aromatic heterocycles. The third-order valence-corrected chi connectivity index (χ3v) is 7.40. The Morgan fingerprint density at radius 1 is 1.21 bits per heavy atom. The van der Waals surface area contributed by atoms with Crippen LogP contribution < -0.4 is 0 Å². The molecule has 0 aromatic carbocycles. The zero-order valence-electron chi connectivity index (χ0n) is 18.2. The lowest BCUT2D eigenvalue weighted by molar-refractivity contribution is -0.141. The summed E-state index contributed by atoms with van der Waals surface area (Å²) in [6.45, 7) is 14.3. The zero-order chi connectivity index (χ0) is 20.8. The van der Waals surface area contributed by atoms with E-state index in [1.807, 2.05) is 9.80 Å². The number of rotatable bonds is 4. The predicted molar refractivity (Wildman–Crippen MR) is 109 cm³/mol. The van der Waals surface area contributed by atoms with E-state index >= 15 is 0 Å². The molecule has 0 bridgehead atoms. The number of hydrogen-bond donors (Lipinski definition) is 0. The van der Waals surface area contributed by atoms with Crippen molar-refractivity contribution in [1.29, 1.82) is 0 Å². The molecular formula is C22H34N4O3. The van der Waals surface area contributed by atoms with Gasteiger partial charge >= 0.3 is 0 Å². The van der Waals surface area contributed by atoms with Crippen molar-refractivity contribution in [2.45, 2.75) is 47.0 Å². The average molecular weight is 403 g/mol. The van der Waals surface area contributed by atoms with E-state index in [0.717, 1.165) is 52.0 Å². The first-order valence-electron chi connectivity index (χ1n) is 11.0. The molecule has 3 saturated heterocycles. The van der Waals surface area contributed by atoms with Gasteiger partial charge in [-0.2, -0.15) is 0 Å². The fourth-order valence-corrected chi connectivity index (χ4v) is 6.01. The lowest BCUT2D eigenvalue weighted by atomic mass is 9.60. The second kappa shape index (κ2) is 7.42. The topological polar surface area (TPSA) is 69.9 Å². The van der Waals surface area contributed by atoms with E-state index in [-0.39, 0.29) is 16.7 Å². The van der Waals surface area contributed by atoms with Crippen LogP contribution in [0.1, 0.15) is 56.3 Å². The Balaban J connectivity index is 1.55. The SMILES string of the molecule is CCN1CC[C@]2(CN(CC(C)C)CC23CCN(C(=O)c2cc(C)on2)CC3)C1=O. The van der Waals surface area contributed by atoms with Crippen molar-refractivity contribution in [1.82, 2.24) is 19.9 Å². The van der Waals surface area contributed by atoms with Crippen molar-refractivity contribution in [3.63, 3.8) is 0 Å². The first-order valence-corrected chi connectivity index (χ1v) is 11.0. The largest absolute Gasteiger partial charge is 0.361 e. The molecule has 0 radical (unpaired) electrons. The summed E-state index contributed by atoms with van der Waals surface area (Å²) in [5.74, 6) is 1.52. The van der Waals surface area contributed by atoms with E-state index in [4.69, 9.17) is 4.52 Å². The molecule has 3 aliphatic heterocycles. The van der Waals surface area contributed by atoms with Crippen molar-refractivity contribution in [2.24, 2.45) is 16.7 Å². The molecular weight excluding hydrogens is 368 g/mol. The van der Waals surface area contributed by atoms with Crippen molar-refractivity contribution in [3.8, 4) is 0 Å². The van der Waals surface area contributed by atoms with Crippen LogP contribution in [-0.2, 0) is 4.79 Å². The van der Waals surface area contributed by atoms with Gasteiger partial charge in [0.15, 0.2) is 5.69 Å². The summed E-state index contributed by atoms with van der Waals surface area (Å²) in [6.07, 6.45) is 2.71. The molecule has 7 heteroatoms. The molecule has 3 fully saturated rings. The van der Waals surface area contributed by atoms with Crippen LogP contribution in [0.3, 0.4) is 0 Å². The highest BCUT2D eigenvalue weighted by Gasteiger charge is 2.64. The summed E-state index contributed by atoms with van der Waals surface area (Å²) < 4.78 is 5.08. The van der Waals surface area contributed by atoms with Gasteiger partial charge in [-0.15, -0.1) is 0 Å². The summed E-state index contributed by atoms with van der Waals surface area (Å²) in [5, 5.41) is 3.89. The molecule has 2 spiro atoms. The van der Waals surface area contributed by atoms with Crippen LogP contribution in [0.2, 0.25) is 0 Å². The highest BCUT2D eigenvalue weighted by Crippen LogP contribution is 2.57. The minimum atomic E-state index is -0.280. The quantitative estimate of drug-likeness (QED) is 0.774. The molecule has 0 saturated carbocycles. The van der Waals surface area contributed by atoms with Crippen LogP contribution in [0.25, 0.3) is 0 Å². The third kappa shape index (κ3) is 3.27. The number of likely N-dealkylation sites (tertiary alicyclic amines) is 3. The first-order chi connectivity index (χ1) is 13.8. The summed E-state index contributed by atoms with van der Waals surface area (Å²) >= 11 is 0. The predicted octanol–water partition coefficient (Wildman–Crippen LogP) is 2.42. The Morgan fingerprint density at radius 3 is 2.48 bits per heavy atom. The van der Waals surface area contributed by atoms with Gasteiger partial charge < -0.3 is 19.2 Å². The number of carbonyl (C=O) groups is 2. The Hall–Kier alpha value is -1.89. The highest BCUT2D eigenvalue weighted by molar-refractivity contribution is 5.92. The van der Waals surface area contributed by atoms with E-state index in [1.165, 1.54) is 0 Å². The van der Waals surface area contributed by atoms with Gasteiger partial charge in [-0.05, 0) is 39.0 Å². The zero-order valence-corrected chi connectivity index (χ0v) is 18.2. The molecule has 4 heterocycles. The maximum absolute atomic E-state index is 13.5. The van der Waals surface area contributed by atoms with E-state index in [9.17, 15) is 9.59 Å². The summed E-state index contributed by atoms with van der Waals surface area (Å²) in [6, 6.07) is 1.70. The Morgan fingerprint density at radius 2 is 1.93 bits per heavy atom. The van der Waals surface area contributed by atoms with Crippen LogP contribution in [0.15, 0.2) is 10.6 Å². The summed E-state index contributed by atoms with van der Waals surface area (Å²) in [4.78, 5) is 32.8. The van der Waals surface area contributed by atoms with Gasteiger partial charge in [0.25, 0.3) is 5.91 Å². The van der Waals surface area contributed by atoms with E-state index < -0.39 is 0 Å². The Labute approximate surface area is 173 Å². The number of aromatic nitrogens is 1. The molecule has 1 aromatic rings. The van der Waals surface area contributed by atoms with Crippen LogP contribution in [-0.4, -0.2) is 77.5 Å². The maximum atomic E-state index is 13.5. The molecule has 3 aliphatic rings. The molecule has 0 aliphatic carbocycles. The highest BCUT2D eigenvalue weighted by atomic mass is 16.5. The van der Waals surface area contributed by atoms with Crippen LogP contribution in [0.5, 0.6) is 0 Å². The fourth-order valence-electron chi connectivity index (χ4n) is 6.01. The molecule has 2 amide bonds. The maximum Gasteiger partial charge on any atom is 0.276 e. The normalized spacial score (nSPS) is 27.1. The molecule has 0 unspecified atom stereocenters. The number of aryl methyl sites for hydroxylation is 1. The first kappa shape index (κ1) is 20.4. The Bertz CT molecular complexity index is 781. The lowest BCUT2D eigenvalue weighted by Gasteiger charge is -2.47. The Kier molecular flexibility index (Phi) is 5.21.